The summed E-state index contributed by atoms with van der Waals surface area (Å²) in [6.07, 6.45) is 33.0. The van der Waals surface area contributed by atoms with E-state index in [9.17, 15) is 19.2 Å². The van der Waals surface area contributed by atoms with Gasteiger partial charge in [0.05, 0.1) is 24.4 Å². The van der Waals surface area contributed by atoms with Gasteiger partial charge in [-0.1, -0.05) is 24.3 Å². The van der Waals surface area contributed by atoms with Gasteiger partial charge in [-0.25, -0.2) is 0 Å². The van der Waals surface area contributed by atoms with Crippen molar-refractivity contribution < 1.29 is 57.5 Å². The van der Waals surface area contributed by atoms with Crippen molar-refractivity contribution in [1.82, 2.24) is 9.13 Å². The maximum Gasteiger partial charge on any atom is 0.483 e. The fourth-order valence-corrected chi connectivity index (χ4v) is 41.0. The third-order valence-corrected chi connectivity index (χ3v) is 39.1. The van der Waals surface area contributed by atoms with Crippen LogP contribution in [-0.2, 0) is 51.4 Å². The molecule has 0 amide bonds. The summed E-state index contributed by atoms with van der Waals surface area (Å²) in [5, 5.41) is 0. The minimum absolute atomic E-state index is 0.167. The molecule has 14 atom stereocenters. The molecule has 10 rings (SSSR count). The molecule has 0 spiro atoms. The molecule has 2 aromatic rings. The Kier molecular flexibility index (Phi) is 15.6. The zero-order valence-electron chi connectivity index (χ0n) is 39.3. The molecule has 2 aromatic heterocycles. The van der Waals surface area contributed by atoms with Crippen LogP contribution in [0.2, 0.25) is 36.3 Å². The zero-order chi connectivity index (χ0) is 46.0. The first kappa shape index (κ1) is 49.4. The molecule has 4 N–H and O–H groups in total. The number of hydrogen-bond acceptors (Lipinski definition) is 13. The lowest BCUT2D eigenvalue weighted by atomic mass is 9.88. The van der Waals surface area contributed by atoms with Crippen LogP contribution >= 0.6 is 0 Å². The van der Waals surface area contributed by atoms with Crippen molar-refractivity contribution in [3.8, 4) is 0 Å². The number of epoxide rings is 2. The highest BCUT2D eigenvalue weighted by molar-refractivity contribution is 6.94. The SMILES string of the molecule is O[Si]1(CCC2CC=CCC2)O[Si](O)(CCC2CC=CCC2)O[Si]2(CCCn3cccc3)O[Si](O)(CCC3CCC4OC4C3)O[Si](O)(CCC3CCC4OC4C3)O[Si](CCCn3cccc3)(O1)O2. The molecule has 15 nitrogen and oxygen atoms in total. The van der Waals surface area contributed by atoms with Crippen LogP contribution in [0, 0.1) is 23.7 Å². The van der Waals surface area contributed by atoms with Crippen LogP contribution in [0.3, 0.4) is 0 Å². The van der Waals surface area contributed by atoms with E-state index < -0.39 is 52.8 Å². The average molecular weight is 1030 g/mol. The molecule has 0 aromatic carbocycles. The van der Waals surface area contributed by atoms with Gasteiger partial charge in [-0.15, -0.1) is 0 Å². The summed E-state index contributed by atoms with van der Waals surface area (Å²) in [5.74, 6) is 1.20. The Morgan fingerprint density at radius 3 is 1.15 bits per heavy atom. The first-order valence-corrected chi connectivity index (χ1v) is 37.7. The number of aryl methyl sites for hydroxylation is 2. The Labute approximate surface area is 403 Å². The standard InChI is InChI=1S/C46H76N2O13Si6/c49-62(33-21-39-13-3-1-4-14-39)55-63(50,34-22-40-15-5-2-6-16-40)58-67(32-12-30-48-27-9-10-28-48)60-65(52,36-24-42-18-20-44-46(38-42)54-44)56-64(51,35-23-41-17-19-43-45(37-41)53-43)59-66(57-62,61-67)31-11-29-47-25-7-8-26-47/h1-3,5,7-10,25-28,39-46,49-52H,4,6,11-24,29-38H2. The van der Waals surface area contributed by atoms with Crippen LogP contribution < -0.4 is 0 Å². The van der Waals surface area contributed by atoms with Gasteiger partial charge in [0.25, 0.3) is 0 Å². The van der Waals surface area contributed by atoms with E-state index in [2.05, 4.69) is 33.4 Å². The predicted molar refractivity (Wildman–Crippen MR) is 261 cm³/mol. The van der Waals surface area contributed by atoms with E-state index >= 15 is 0 Å². The molecule has 2 saturated carbocycles. The summed E-state index contributed by atoms with van der Waals surface area (Å²) in [6, 6.07) is 9.03. The largest absolute Gasteiger partial charge is 0.483 e. The Hall–Kier alpha value is -1.18. The first-order valence-electron chi connectivity index (χ1n) is 26.0. The molecule has 0 radical (unpaired) electrons. The van der Waals surface area contributed by atoms with E-state index in [1.165, 1.54) is 0 Å². The van der Waals surface area contributed by atoms with E-state index in [4.69, 9.17) is 38.3 Å². The summed E-state index contributed by atoms with van der Waals surface area (Å²) in [4.78, 5) is 52.9. The molecule has 14 unspecified atom stereocenters. The van der Waals surface area contributed by atoms with E-state index in [-0.39, 0.29) is 60.3 Å². The first-order chi connectivity index (χ1) is 32.4. The van der Waals surface area contributed by atoms with Crippen LogP contribution in [0.15, 0.2) is 73.4 Å². The third kappa shape index (κ3) is 13.3. The lowest BCUT2D eigenvalue weighted by molar-refractivity contribution is 0.0286. The van der Waals surface area contributed by atoms with Crippen LogP contribution in [0.1, 0.15) is 116 Å². The van der Waals surface area contributed by atoms with Crippen LogP contribution in [-0.4, -0.2) is 106 Å². The molecule has 6 heterocycles. The van der Waals surface area contributed by atoms with Crippen molar-refractivity contribution in [2.45, 2.75) is 189 Å². The summed E-state index contributed by atoms with van der Waals surface area (Å²) in [5.41, 5.74) is 0. The van der Waals surface area contributed by atoms with Gasteiger partial charge < -0.3 is 66.6 Å². The quantitative estimate of drug-likeness (QED) is 0.0571. The number of nitrogens with zero attached hydrogens (tertiary/aromatic N) is 2. The second-order valence-electron chi connectivity index (χ2n) is 21.2. The van der Waals surface area contributed by atoms with E-state index in [0.717, 1.165) is 77.0 Å². The Balaban J connectivity index is 1.03. The summed E-state index contributed by atoms with van der Waals surface area (Å²) in [6.45, 7) is 1.20. The smallest absolute Gasteiger partial charge is 0.391 e. The van der Waals surface area contributed by atoms with Crippen molar-refractivity contribution in [1.29, 1.82) is 0 Å². The van der Waals surface area contributed by atoms with E-state index in [0.29, 0.717) is 75.7 Å². The molecule has 8 aliphatic rings. The second-order valence-corrected chi connectivity index (χ2v) is 38.4. The molecule has 4 saturated heterocycles. The lowest BCUT2D eigenvalue weighted by Gasteiger charge is -2.53. The monoisotopic (exact) mass is 1030 g/mol. The van der Waals surface area contributed by atoms with Gasteiger partial charge >= 0.3 is 52.8 Å². The van der Waals surface area contributed by atoms with Gasteiger partial charge in [-0.3, -0.25) is 0 Å². The van der Waals surface area contributed by atoms with Gasteiger partial charge in [0.1, 0.15) is 0 Å². The second kappa shape index (κ2) is 21.1. The van der Waals surface area contributed by atoms with Crippen LogP contribution in [0.25, 0.3) is 0 Å². The molecule has 372 valence electrons. The van der Waals surface area contributed by atoms with Gasteiger partial charge in [0, 0.05) is 74.1 Å². The molecule has 67 heavy (non-hydrogen) atoms. The van der Waals surface area contributed by atoms with Crippen molar-refractivity contribution in [3.05, 3.63) is 73.4 Å². The normalized spacial score (nSPS) is 42.7. The predicted octanol–water partition coefficient (Wildman–Crippen LogP) is 7.92. The third-order valence-electron chi connectivity index (χ3n) is 15.8. The van der Waals surface area contributed by atoms with Crippen LogP contribution in [0.4, 0.5) is 0 Å². The Morgan fingerprint density at radius 2 is 0.791 bits per heavy atom. The minimum atomic E-state index is -4.47. The highest BCUT2D eigenvalue weighted by Gasteiger charge is 2.72. The molecule has 2 bridgehead atoms. The van der Waals surface area contributed by atoms with Crippen molar-refractivity contribution in [3.63, 3.8) is 0 Å². The van der Waals surface area contributed by atoms with Crippen molar-refractivity contribution in [2.75, 3.05) is 0 Å². The summed E-state index contributed by atoms with van der Waals surface area (Å²) in [7, 11) is -26.6. The highest BCUT2D eigenvalue weighted by Crippen LogP contribution is 2.48. The zero-order valence-corrected chi connectivity index (χ0v) is 45.3. The maximum atomic E-state index is 13.3. The topological polar surface area (TPSA) is 180 Å². The van der Waals surface area contributed by atoms with Gasteiger partial charge in [0.15, 0.2) is 0 Å². The number of aromatic nitrogens is 2. The summed E-state index contributed by atoms with van der Waals surface area (Å²) >= 11 is 0. The fraction of sp³-hybridized carbons (Fsp3) is 0.739. The fourth-order valence-electron chi connectivity index (χ4n) is 11.9. The van der Waals surface area contributed by atoms with Crippen molar-refractivity contribution >= 4 is 52.8 Å². The average Bonchev–Trinajstić information content (AvgIpc) is 4.12. The molecule has 6 fully saturated rings. The number of hydrogen-bond donors (Lipinski definition) is 4. The number of fused-ring (bicyclic) bond motifs is 4. The van der Waals surface area contributed by atoms with Gasteiger partial charge in [-0.05, 0) is 164 Å². The molecular formula is C46H76N2O13Si6. The Bertz CT molecular complexity index is 1840. The molecule has 4 aliphatic heterocycles. The van der Waals surface area contributed by atoms with E-state index in [1.54, 1.807) is 0 Å². The maximum absolute atomic E-state index is 13.3. The highest BCUT2D eigenvalue weighted by atomic mass is 28.6. The summed E-state index contributed by atoms with van der Waals surface area (Å²) < 4.78 is 66.6. The number of rotatable bonds is 20. The molecular weight excluding hydrogens is 957 g/mol. The number of ether oxygens (including phenoxy) is 2. The van der Waals surface area contributed by atoms with Gasteiger partial charge in [0.2, 0.25) is 0 Å². The van der Waals surface area contributed by atoms with Gasteiger partial charge in [-0.2, -0.15) is 0 Å². The lowest BCUT2D eigenvalue weighted by Crippen LogP contribution is -2.78. The van der Waals surface area contributed by atoms with E-state index in [1.807, 2.05) is 49.1 Å². The van der Waals surface area contributed by atoms with Crippen molar-refractivity contribution in [2.24, 2.45) is 23.7 Å². The minimum Gasteiger partial charge on any atom is -0.391 e. The Morgan fingerprint density at radius 1 is 0.403 bits per heavy atom. The molecule has 4 aliphatic carbocycles. The molecule has 21 heteroatoms. The van der Waals surface area contributed by atoms with Crippen LogP contribution in [0.5, 0.6) is 0 Å². The number of allylic oxidation sites excluding steroid dienone is 4.